The Hall–Kier alpha value is -3.44. The third-order valence-electron chi connectivity index (χ3n) is 5.74. The van der Waals surface area contributed by atoms with E-state index in [1.54, 1.807) is 18.2 Å². The summed E-state index contributed by atoms with van der Waals surface area (Å²) in [6, 6.07) is 12.3. The summed E-state index contributed by atoms with van der Waals surface area (Å²) in [7, 11) is 0. The number of aromatic nitrogens is 1. The number of pyridine rings is 1. The number of carboxylic acid groups (broad SMARTS) is 1. The molecule has 2 atom stereocenters. The number of ether oxygens (including phenoxy) is 1. The van der Waals surface area contributed by atoms with Gasteiger partial charge in [-0.25, -0.2) is 4.79 Å². The smallest absolute Gasteiger partial charge is 0.417 e. The van der Waals surface area contributed by atoms with Gasteiger partial charge in [0, 0.05) is 16.8 Å². The molecule has 3 aromatic rings. The molecule has 11 heteroatoms. The highest BCUT2D eigenvalue weighted by atomic mass is 32.2. The zero-order chi connectivity index (χ0) is 25.2. The van der Waals surface area contributed by atoms with Gasteiger partial charge in [0.2, 0.25) is 0 Å². The van der Waals surface area contributed by atoms with E-state index < -0.39 is 41.6 Å². The molecular weight excluding hydrogens is 485 g/mol. The fourth-order valence-corrected chi connectivity index (χ4v) is 5.01. The molecule has 1 aliphatic carbocycles. The Morgan fingerprint density at radius 1 is 1.17 bits per heavy atom. The molecule has 0 radical (unpaired) electrons. The largest absolute Gasteiger partial charge is 0.755 e. The fourth-order valence-electron chi connectivity index (χ4n) is 4.31. The molecule has 184 valence electrons. The van der Waals surface area contributed by atoms with Gasteiger partial charge in [-0.15, -0.1) is 0 Å². The molecule has 35 heavy (non-hydrogen) atoms. The number of rotatable bonds is 7. The molecule has 1 aliphatic rings. The van der Waals surface area contributed by atoms with Crippen LogP contribution in [0.25, 0.3) is 11.3 Å². The van der Waals surface area contributed by atoms with Gasteiger partial charge in [0.05, 0.1) is 29.2 Å². The highest BCUT2D eigenvalue weighted by Crippen LogP contribution is 2.42. The molecule has 0 saturated carbocycles. The van der Waals surface area contributed by atoms with E-state index in [1.165, 1.54) is 36.5 Å². The lowest BCUT2D eigenvalue weighted by molar-refractivity contribution is -0.139. The molecule has 1 aromatic heterocycles. The average molecular weight is 505 g/mol. The van der Waals surface area contributed by atoms with Crippen molar-refractivity contribution < 1.29 is 36.6 Å². The Balaban J connectivity index is 1.69. The van der Waals surface area contributed by atoms with Crippen LogP contribution in [0.3, 0.4) is 0 Å². The highest BCUT2D eigenvalue weighted by molar-refractivity contribution is 7.80. The number of alkyl halides is 3. The summed E-state index contributed by atoms with van der Waals surface area (Å²) in [5.74, 6) is -0.751. The summed E-state index contributed by atoms with van der Waals surface area (Å²) >= 11 is -2.72. The number of halogens is 3. The maximum atomic E-state index is 13.4. The van der Waals surface area contributed by atoms with Crippen molar-refractivity contribution in [2.75, 3.05) is 10.9 Å². The number of anilines is 1. The molecule has 0 fully saturated rings. The third-order valence-corrected chi connectivity index (χ3v) is 6.52. The summed E-state index contributed by atoms with van der Waals surface area (Å²) < 4.78 is 71.3. The Kier molecular flexibility index (Phi) is 7.08. The van der Waals surface area contributed by atoms with Gasteiger partial charge in [0.1, 0.15) is 5.75 Å². The topological polar surface area (TPSA) is 103 Å². The van der Waals surface area contributed by atoms with Crippen LogP contribution in [0, 0.1) is 0 Å². The Bertz CT molecular complexity index is 1250. The van der Waals surface area contributed by atoms with Crippen LogP contribution in [0.4, 0.5) is 18.9 Å². The first-order valence-corrected chi connectivity index (χ1v) is 11.7. The molecule has 0 bridgehead atoms. The van der Waals surface area contributed by atoms with E-state index >= 15 is 0 Å². The van der Waals surface area contributed by atoms with E-state index in [0.717, 1.165) is 15.9 Å². The number of nitrogens with zero attached hydrogens (tertiary/aromatic N) is 2. The molecule has 0 saturated heterocycles. The van der Waals surface area contributed by atoms with Crippen LogP contribution in [0.2, 0.25) is 0 Å². The third kappa shape index (κ3) is 5.30. The number of aliphatic carboxylic acids is 1. The summed E-state index contributed by atoms with van der Waals surface area (Å²) in [6.07, 6.45) is -1.62. The van der Waals surface area contributed by atoms with Crippen LogP contribution in [0.5, 0.6) is 5.75 Å². The van der Waals surface area contributed by atoms with Gasteiger partial charge in [0.25, 0.3) is 0 Å². The van der Waals surface area contributed by atoms with Gasteiger partial charge >= 0.3 is 12.1 Å². The molecule has 0 amide bonds. The molecule has 1 heterocycles. The highest BCUT2D eigenvalue weighted by Gasteiger charge is 2.34. The first kappa shape index (κ1) is 24.7. The van der Waals surface area contributed by atoms with E-state index in [1.807, 2.05) is 0 Å². The van der Waals surface area contributed by atoms with Crippen molar-refractivity contribution in [3.63, 3.8) is 0 Å². The normalized spacial score (nSPS) is 16.3. The predicted molar refractivity (Wildman–Crippen MR) is 121 cm³/mol. The van der Waals surface area contributed by atoms with Crippen molar-refractivity contribution >= 4 is 22.9 Å². The second-order valence-corrected chi connectivity index (χ2v) is 8.73. The summed E-state index contributed by atoms with van der Waals surface area (Å²) in [5.41, 5.74) is 0.719. The summed E-state index contributed by atoms with van der Waals surface area (Å²) in [4.78, 5) is 15.0. The van der Waals surface area contributed by atoms with Crippen LogP contribution in [-0.2, 0) is 28.7 Å². The van der Waals surface area contributed by atoms with Crippen LogP contribution in [0.1, 0.15) is 35.6 Å². The molecule has 0 aliphatic heterocycles. The van der Waals surface area contributed by atoms with Crippen molar-refractivity contribution in [1.82, 2.24) is 4.98 Å². The average Bonchev–Trinajstić information content (AvgIpc) is 2.82. The molecular formula is C24H20F3N2O5S-. The lowest BCUT2D eigenvalue weighted by atomic mass is 9.87. The summed E-state index contributed by atoms with van der Waals surface area (Å²) in [6.45, 7) is -0.525. The van der Waals surface area contributed by atoms with E-state index in [0.29, 0.717) is 30.6 Å². The molecule has 2 aromatic carbocycles. The second kappa shape index (κ2) is 10.0. The fraction of sp³-hybridized carbons (Fsp3) is 0.250. The van der Waals surface area contributed by atoms with E-state index in [4.69, 9.17) is 9.84 Å². The maximum absolute atomic E-state index is 13.4. The minimum absolute atomic E-state index is 0.0618. The first-order chi connectivity index (χ1) is 16.7. The Morgan fingerprint density at radius 3 is 2.60 bits per heavy atom. The molecule has 7 nitrogen and oxygen atoms in total. The molecule has 2 unspecified atom stereocenters. The number of hydrogen-bond acceptors (Lipinski definition) is 5. The number of carboxylic acids is 1. The minimum Gasteiger partial charge on any atom is -0.755 e. The molecule has 0 spiro atoms. The van der Waals surface area contributed by atoms with Crippen molar-refractivity contribution in [3.05, 3.63) is 77.5 Å². The van der Waals surface area contributed by atoms with Crippen molar-refractivity contribution in [2.45, 2.75) is 31.5 Å². The monoisotopic (exact) mass is 505 g/mol. The predicted octanol–water partition coefficient (Wildman–Crippen LogP) is 4.91. The van der Waals surface area contributed by atoms with Gasteiger partial charge in [-0.3, -0.25) is 13.5 Å². The van der Waals surface area contributed by atoms with Gasteiger partial charge in [-0.05, 0) is 54.7 Å². The number of fused-ring (bicyclic) bond motifs is 1. The van der Waals surface area contributed by atoms with Gasteiger partial charge < -0.3 is 14.4 Å². The molecule has 4 rings (SSSR count). The second-order valence-electron chi connectivity index (χ2n) is 7.90. The standard InChI is InChI=1S/C24H21F3N2O5S/c25-24(26,27)19-8-2-1-5-18(19)20-12-11-15(13-28-20)29(35(32)33)21-9-3-7-17-16(21)6-4-10-22(17)34-14-23(30)31/h1-2,4-6,8,10-13,21H,3,7,9,14H2,(H,30,31)(H,32,33)/p-1. The summed E-state index contributed by atoms with van der Waals surface area (Å²) in [5, 5.41) is 8.92. The van der Waals surface area contributed by atoms with E-state index in [9.17, 15) is 26.7 Å². The van der Waals surface area contributed by atoms with E-state index in [-0.39, 0.29) is 16.9 Å². The maximum Gasteiger partial charge on any atom is 0.417 e. The number of benzene rings is 2. The lowest BCUT2D eigenvalue weighted by Crippen LogP contribution is -2.33. The van der Waals surface area contributed by atoms with Crippen molar-refractivity contribution in [3.8, 4) is 17.0 Å². The van der Waals surface area contributed by atoms with Crippen LogP contribution in [-0.4, -0.2) is 31.4 Å². The zero-order valence-corrected chi connectivity index (χ0v) is 19.0. The SMILES string of the molecule is O=C(O)COc1cccc2c1CCCC2N(c1ccc(-c2ccccc2C(F)(F)F)nc1)S(=O)[O-]. The Morgan fingerprint density at radius 2 is 1.94 bits per heavy atom. The number of carbonyl (C=O) groups is 1. The molecule has 1 N–H and O–H groups in total. The van der Waals surface area contributed by atoms with Crippen molar-refractivity contribution in [1.29, 1.82) is 0 Å². The minimum atomic E-state index is -4.56. The Labute approximate surface area is 201 Å². The quantitative estimate of drug-likeness (QED) is 0.458. The van der Waals surface area contributed by atoms with Gasteiger partial charge in [0.15, 0.2) is 6.61 Å². The van der Waals surface area contributed by atoms with Crippen LogP contribution >= 0.6 is 0 Å². The number of hydrogen-bond donors (Lipinski definition) is 1. The first-order valence-electron chi connectivity index (χ1n) is 10.6. The van der Waals surface area contributed by atoms with Crippen molar-refractivity contribution in [2.24, 2.45) is 0 Å². The zero-order valence-electron chi connectivity index (χ0n) is 18.2. The van der Waals surface area contributed by atoms with Gasteiger partial charge in [-0.1, -0.05) is 30.3 Å². The van der Waals surface area contributed by atoms with Crippen LogP contribution < -0.4 is 9.04 Å². The lowest BCUT2D eigenvalue weighted by Gasteiger charge is -2.38. The van der Waals surface area contributed by atoms with Crippen LogP contribution in [0.15, 0.2) is 60.8 Å². The van der Waals surface area contributed by atoms with Gasteiger partial charge in [-0.2, -0.15) is 13.2 Å². The van der Waals surface area contributed by atoms with E-state index in [2.05, 4.69) is 4.98 Å².